The van der Waals surface area contributed by atoms with Gasteiger partial charge in [0, 0.05) is 11.8 Å². The largest absolute Gasteiger partial charge is 0.368 e. The van der Waals surface area contributed by atoms with E-state index in [1.165, 1.54) is 6.20 Å². The van der Waals surface area contributed by atoms with Crippen LogP contribution in [0.2, 0.25) is 0 Å². The Morgan fingerprint density at radius 1 is 1.28 bits per heavy atom. The molecule has 1 heterocycles. The van der Waals surface area contributed by atoms with Gasteiger partial charge in [-0.05, 0) is 13.0 Å². The molecule has 0 radical (unpaired) electrons. The van der Waals surface area contributed by atoms with Crippen molar-refractivity contribution in [2.75, 3.05) is 12.0 Å². The number of rotatable bonds is 2. The van der Waals surface area contributed by atoms with E-state index in [9.17, 15) is 8.42 Å². The van der Waals surface area contributed by atoms with Gasteiger partial charge in [-0.3, -0.25) is 0 Å². The van der Waals surface area contributed by atoms with Crippen LogP contribution in [0.5, 0.6) is 0 Å². The van der Waals surface area contributed by atoms with Gasteiger partial charge in [-0.25, -0.2) is 18.4 Å². The zero-order chi connectivity index (χ0) is 13.3. The molecule has 0 spiro atoms. The van der Waals surface area contributed by atoms with E-state index in [1.54, 1.807) is 6.07 Å². The zero-order valence-corrected chi connectivity index (χ0v) is 10.9. The van der Waals surface area contributed by atoms with E-state index in [0.29, 0.717) is 11.3 Å². The lowest BCUT2D eigenvalue weighted by molar-refractivity contribution is 0.601. The van der Waals surface area contributed by atoms with Crippen molar-refractivity contribution in [3.05, 3.63) is 36.0 Å². The van der Waals surface area contributed by atoms with Crippen LogP contribution in [0.15, 0.2) is 35.4 Å². The molecular weight excluding hydrogens is 250 g/mol. The lowest BCUT2D eigenvalue weighted by Gasteiger charge is -2.08. The van der Waals surface area contributed by atoms with Crippen LogP contribution in [0.1, 0.15) is 5.56 Å². The van der Waals surface area contributed by atoms with Crippen LogP contribution < -0.4 is 5.73 Å². The second-order valence-corrected chi connectivity index (χ2v) is 6.07. The summed E-state index contributed by atoms with van der Waals surface area (Å²) < 4.78 is 23.4. The Labute approximate surface area is 106 Å². The maximum absolute atomic E-state index is 11.7. The van der Waals surface area contributed by atoms with Gasteiger partial charge >= 0.3 is 0 Å². The molecule has 2 N–H and O–H groups in total. The summed E-state index contributed by atoms with van der Waals surface area (Å²) in [5.74, 6) is 0.0545. The van der Waals surface area contributed by atoms with Gasteiger partial charge < -0.3 is 5.73 Å². The first-order chi connectivity index (χ1) is 8.38. The maximum Gasteiger partial charge on any atom is 0.220 e. The Balaban J connectivity index is 2.74. The third-order valence-corrected chi connectivity index (χ3v) is 3.56. The molecule has 0 aliphatic heterocycles. The molecule has 6 heteroatoms. The molecule has 94 valence electrons. The smallest absolute Gasteiger partial charge is 0.220 e. The van der Waals surface area contributed by atoms with Crippen molar-refractivity contribution in [3.63, 3.8) is 0 Å². The average Bonchev–Trinajstić information content (AvgIpc) is 2.27. The van der Waals surface area contributed by atoms with E-state index in [-0.39, 0.29) is 10.8 Å². The van der Waals surface area contributed by atoms with Crippen molar-refractivity contribution < 1.29 is 8.42 Å². The second-order valence-electron chi connectivity index (χ2n) is 4.08. The van der Waals surface area contributed by atoms with Gasteiger partial charge in [0.15, 0.2) is 9.84 Å². The maximum atomic E-state index is 11.7. The summed E-state index contributed by atoms with van der Waals surface area (Å²) in [4.78, 5) is 7.87. The van der Waals surface area contributed by atoms with Gasteiger partial charge in [0.2, 0.25) is 5.95 Å². The number of nitrogens with two attached hydrogens (primary N) is 1. The van der Waals surface area contributed by atoms with E-state index in [2.05, 4.69) is 9.97 Å². The minimum absolute atomic E-state index is 0.0545. The molecule has 2 aromatic rings. The highest BCUT2D eigenvalue weighted by atomic mass is 32.2. The minimum Gasteiger partial charge on any atom is -0.368 e. The zero-order valence-electron chi connectivity index (χ0n) is 10.1. The summed E-state index contributed by atoms with van der Waals surface area (Å²) in [6, 6.07) is 7.42. The summed E-state index contributed by atoms with van der Waals surface area (Å²) >= 11 is 0. The SMILES string of the molecule is Cc1cccc(-c2nc(N)ncc2S(C)(=O)=O)c1. The topological polar surface area (TPSA) is 85.9 Å². The predicted molar refractivity (Wildman–Crippen MR) is 69.7 cm³/mol. The fourth-order valence-corrected chi connectivity index (χ4v) is 2.41. The molecule has 0 aliphatic carbocycles. The summed E-state index contributed by atoms with van der Waals surface area (Å²) in [5, 5.41) is 0. The number of aromatic nitrogens is 2. The Kier molecular flexibility index (Phi) is 3.04. The Bertz CT molecular complexity index is 696. The van der Waals surface area contributed by atoms with Crippen molar-refractivity contribution in [1.82, 2.24) is 9.97 Å². The van der Waals surface area contributed by atoms with Gasteiger partial charge in [-0.15, -0.1) is 0 Å². The van der Waals surface area contributed by atoms with E-state index in [0.717, 1.165) is 11.8 Å². The third-order valence-electron chi connectivity index (χ3n) is 2.46. The number of nitrogen functional groups attached to an aromatic ring is 1. The number of aryl methyl sites for hydroxylation is 1. The quantitative estimate of drug-likeness (QED) is 0.886. The number of hydrogen-bond donors (Lipinski definition) is 1. The van der Waals surface area contributed by atoms with Gasteiger partial charge in [0.25, 0.3) is 0 Å². The number of sulfone groups is 1. The van der Waals surface area contributed by atoms with Gasteiger partial charge in [0.1, 0.15) is 4.90 Å². The van der Waals surface area contributed by atoms with Crippen molar-refractivity contribution in [3.8, 4) is 11.3 Å². The fourth-order valence-electron chi connectivity index (χ4n) is 1.65. The van der Waals surface area contributed by atoms with Crippen molar-refractivity contribution in [1.29, 1.82) is 0 Å². The second kappa shape index (κ2) is 4.38. The molecule has 0 amide bonds. The molecule has 0 aliphatic rings. The van der Waals surface area contributed by atoms with Crippen LogP contribution in [-0.4, -0.2) is 24.6 Å². The van der Waals surface area contributed by atoms with E-state index >= 15 is 0 Å². The Hall–Kier alpha value is -1.95. The highest BCUT2D eigenvalue weighted by molar-refractivity contribution is 7.90. The summed E-state index contributed by atoms with van der Waals surface area (Å²) in [6.45, 7) is 1.92. The van der Waals surface area contributed by atoms with Crippen molar-refractivity contribution in [2.24, 2.45) is 0 Å². The highest BCUT2D eigenvalue weighted by Gasteiger charge is 2.17. The number of nitrogens with zero attached hydrogens (tertiary/aromatic N) is 2. The fraction of sp³-hybridized carbons (Fsp3) is 0.167. The monoisotopic (exact) mass is 263 g/mol. The van der Waals surface area contributed by atoms with Crippen molar-refractivity contribution >= 4 is 15.8 Å². The number of hydrogen-bond acceptors (Lipinski definition) is 5. The standard InChI is InChI=1S/C12H13N3O2S/c1-8-4-3-5-9(6-8)11-10(18(2,16)17)7-14-12(13)15-11/h3-7H,1-2H3,(H2,13,14,15). The molecule has 1 aromatic heterocycles. The first-order valence-electron chi connectivity index (χ1n) is 5.27. The molecule has 0 saturated heterocycles. The number of anilines is 1. The number of benzene rings is 1. The Morgan fingerprint density at radius 2 is 2.00 bits per heavy atom. The van der Waals surface area contributed by atoms with Crippen LogP contribution >= 0.6 is 0 Å². The minimum atomic E-state index is -3.39. The van der Waals surface area contributed by atoms with Crippen LogP contribution in [-0.2, 0) is 9.84 Å². The average molecular weight is 263 g/mol. The molecule has 0 atom stereocenters. The van der Waals surface area contributed by atoms with Crippen LogP contribution in [0.3, 0.4) is 0 Å². The molecule has 1 aromatic carbocycles. The molecule has 2 rings (SSSR count). The summed E-state index contributed by atoms with van der Waals surface area (Å²) in [7, 11) is -3.39. The highest BCUT2D eigenvalue weighted by Crippen LogP contribution is 2.25. The lowest BCUT2D eigenvalue weighted by atomic mass is 10.1. The van der Waals surface area contributed by atoms with Crippen LogP contribution in [0, 0.1) is 6.92 Å². The lowest BCUT2D eigenvalue weighted by Crippen LogP contribution is -2.05. The van der Waals surface area contributed by atoms with E-state index in [4.69, 9.17) is 5.73 Å². The molecule has 0 saturated carbocycles. The van der Waals surface area contributed by atoms with Gasteiger partial charge in [-0.1, -0.05) is 23.8 Å². The van der Waals surface area contributed by atoms with E-state index < -0.39 is 9.84 Å². The Morgan fingerprint density at radius 3 is 2.61 bits per heavy atom. The van der Waals surface area contributed by atoms with Gasteiger partial charge in [0.05, 0.1) is 11.9 Å². The molecule has 0 unspecified atom stereocenters. The first kappa shape index (κ1) is 12.5. The van der Waals surface area contributed by atoms with Gasteiger partial charge in [-0.2, -0.15) is 0 Å². The van der Waals surface area contributed by atoms with Crippen molar-refractivity contribution in [2.45, 2.75) is 11.8 Å². The molecule has 0 fully saturated rings. The molecule has 5 nitrogen and oxygen atoms in total. The predicted octanol–water partition coefficient (Wildman–Crippen LogP) is 1.44. The summed E-state index contributed by atoms with van der Waals surface area (Å²) in [5.41, 5.74) is 7.60. The van der Waals surface area contributed by atoms with Crippen LogP contribution in [0.4, 0.5) is 5.95 Å². The van der Waals surface area contributed by atoms with E-state index in [1.807, 2.05) is 25.1 Å². The molecule has 18 heavy (non-hydrogen) atoms. The normalized spacial score (nSPS) is 11.4. The summed E-state index contributed by atoms with van der Waals surface area (Å²) in [6.07, 6.45) is 2.37. The molecule has 0 bridgehead atoms. The third kappa shape index (κ3) is 2.48. The first-order valence-corrected chi connectivity index (χ1v) is 7.16. The molecular formula is C12H13N3O2S. The van der Waals surface area contributed by atoms with Crippen LogP contribution in [0.25, 0.3) is 11.3 Å².